The summed E-state index contributed by atoms with van der Waals surface area (Å²) >= 11 is 0. The molecule has 6 nitrogen and oxygen atoms in total. The van der Waals surface area contributed by atoms with Gasteiger partial charge in [-0.25, -0.2) is 0 Å². The van der Waals surface area contributed by atoms with Gasteiger partial charge in [0.25, 0.3) is 5.91 Å². The molecule has 0 bridgehead atoms. The second kappa shape index (κ2) is 7.70. The molecule has 0 atom stereocenters. The largest absolute Gasteiger partial charge is 0.360 e. The third-order valence-electron chi connectivity index (χ3n) is 2.35. The van der Waals surface area contributed by atoms with Gasteiger partial charge in [0.15, 0.2) is 0 Å². The summed E-state index contributed by atoms with van der Waals surface area (Å²) in [5, 5.41) is 17.1. The molecule has 110 valence electrons. The van der Waals surface area contributed by atoms with Gasteiger partial charge in [0.2, 0.25) is 5.91 Å². The maximum Gasteiger partial charge on any atom is 0.263 e. The predicted octanol–water partition coefficient (Wildman–Crippen LogP) is 1.99. The molecule has 1 rings (SSSR count). The van der Waals surface area contributed by atoms with Crippen LogP contribution in [0, 0.1) is 11.3 Å². The highest BCUT2D eigenvalue weighted by Gasteiger charge is 2.09. The van der Waals surface area contributed by atoms with Gasteiger partial charge in [0, 0.05) is 30.5 Å². The summed E-state index contributed by atoms with van der Waals surface area (Å²) in [4.78, 5) is 22.7. The molecule has 0 aliphatic heterocycles. The molecule has 0 unspecified atom stereocenters. The molecule has 0 heterocycles. The summed E-state index contributed by atoms with van der Waals surface area (Å²) in [5.74, 6) is -0.602. The summed E-state index contributed by atoms with van der Waals surface area (Å²) < 4.78 is 0. The van der Waals surface area contributed by atoms with E-state index in [0.717, 1.165) is 0 Å². The number of carbonyl (C=O) groups is 2. The average Bonchev–Trinajstić information content (AvgIpc) is 2.38. The lowest BCUT2D eigenvalue weighted by Crippen LogP contribution is -2.31. The number of hydrogen-bond acceptors (Lipinski definition) is 4. The van der Waals surface area contributed by atoms with Crippen molar-refractivity contribution >= 4 is 23.2 Å². The summed E-state index contributed by atoms with van der Waals surface area (Å²) in [5.41, 5.74) is 1.27. The molecule has 0 saturated carbocycles. The Labute approximate surface area is 123 Å². The predicted molar refractivity (Wildman–Crippen MR) is 81.3 cm³/mol. The number of nitrogens with zero attached hydrogens (tertiary/aromatic N) is 1. The lowest BCUT2D eigenvalue weighted by molar-refractivity contribution is -0.117. The number of benzene rings is 1. The van der Waals surface area contributed by atoms with Crippen molar-refractivity contribution in [3.05, 3.63) is 36.0 Å². The van der Waals surface area contributed by atoms with Crippen LogP contribution >= 0.6 is 0 Å². The molecule has 1 aromatic carbocycles. The Hall–Kier alpha value is -2.81. The third-order valence-corrected chi connectivity index (χ3v) is 2.35. The van der Waals surface area contributed by atoms with Crippen LogP contribution in [0.1, 0.15) is 20.8 Å². The van der Waals surface area contributed by atoms with E-state index in [1.165, 1.54) is 13.1 Å². The minimum atomic E-state index is -0.432. The molecule has 21 heavy (non-hydrogen) atoms. The highest BCUT2D eigenvalue weighted by Crippen LogP contribution is 2.15. The Morgan fingerprint density at radius 1 is 1.29 bits per heavy atom. The van der Waals surface area contributed by atoms with Crippen LogP contribution in [0.5, 0.6) is 0 Å². The average molecular weight is 286 g/mol. The van der Waals surface area contributed by atoms with Crippen molar-refractivity contribution in [1.29, 1.82) is 5.26 Å². The lowest BCUT2D eigenvalue weighted by atomic mass is 10.2. The second-order valence-corrected chi connectivity index (χ2v) is 4.70. The minimum Gasteiger partial charge on any atom is -0.360 e. The van der Waals surface area contributed by atoms with Gasteiger partial charge in [-0.3, -0.25) is 9.59 Å². The van der Waals surface area contributed by atoms with E-state index in [-0.39, 0.29) is 17.5 Å². The molecule has 1 aromatic rings. The molecular weight excluding hydrogens is 268 g/mol. The van der Waals surface area contributed by atoms with E-state index in [1.807, 2.05) is 19.9 Å². The van der Waals surface area contributed by atoms with Crippen molar-refractivity contribution in [2.45, 2.75) is 26.8 Å². The van der Waals surface area contributed by atoms with Gasteiger partial charge in [0.1, 0.15) is 11.6 Å². The Bertz CT molecular complexity index is 600. The molecule has 0 spiro atoms. The first-order valence-corrected chi connectivity index (χ1v) is 6.47. The molecule has 0 radical (unpaired) electrons. The van der Waals surface area contributed by atoms with E-state index < -0.39 is 5.91 Å². The molecule has 0 saturated heterocycles. The first-order chi connectivity index (χ1) is 9.92. The van der Waals surface area contributed by atoms with Crippen LogP contribution in [0.25, 0.3) is 0 Å². The van der Waals surface area contributed by atoms with E-state index in [0.29, 0.717) is 11.4 Å². The second-order valence-electron chi connectivity index (χ2n) is 4.70. The van der Waals surface area contributed by atoms with Crippen LogP contribution in [0.15, 0.2) is 36.0 Å². The molecule has 0 aliphatic carbocycles. The van der Waals surface area contributed by atoms with Gasteiger partial charge in [-0.2, -0.15) is 5.26 Å². The third kappa shape index (κ3) is 5.78. The number of rotatable bonds is 5. The topological polar surface area (TPSA) is 94.0 Å². The van der Waals surface area contributed by atoms with Gasteiger partial charge in [-0.15, -0.1) is 0 Å². The van der Waals surface area contributed by atoms with Gasteiger partial charge in [0.05, 0.1) is 0 Å². The molecule has 0 fully saturated rings. The zero-order valence-corrected chi connectivity index (χ0v) is 12.2. The first-order valence-electron chi connectivity index (χ1n) is 6.47. The van der Waals surface area contributed by atoms with E-state index in [4.69, 9.17) is 5.26 Å². The zero-order valence-electron chi connectivity index (χ0n) is 12.2. The van der Waals surface area contributed by atoms with Crippen molar-refractivity contribution in [2.75, 3.05) is 10.6 Å². The molecule has 2 amide bonds. The number of anilines is 2. The summed E-state index contributed by atoms with van der Waals surface area (Å²) in [6.45, 7) is 5.05. The van der Waals surface area contributed by atoms with E-state index in [2.05, 4.69) is 16.0 Å². The highest BCUT2D eigenvalue weighted by atomic mass is 16.2. The van der Waals surface area contributed by atoms with Crippen LogP contribution in [-0.4, -0.2) is 17.9 Å². The van der Waals surface area contributed by atoms with E-state index in [9.17, 15) is 9.59 Å². The number of amides is 2. The molecule has 0 aliphatic rings. The zero-order chi connectivity index (χ0) is 15.8. The maximum absolute atomic E-state index is 11.7. The van der Waals surface area contributed by atoms with Gasteiger partial charge in [-0.1, -0.05) is 6.07 Å². The molecule has 6 heteroatoms. The fourth-order valence-corrected chi connectivity index (χ4v) is 1.53. The lowest BCUT2D eigenvalue weighted by Gasteiger charge is -2.08. The van der Waals surface area contributed by atoms with Crippen LogP contribution in [-0.2, 0) is 9.59 Å². The number of nitrogens with one attached hydrogen (secondary N) is 3. The molecular formula is C15H18N4O2. The molecule has 0 aromatic heterocycles. The Morgan fingerprint density at radius 3 is 2.52 bits per heavy atom. The van der Waals surface area contributed by atoms with Gasteiger partial charge >= 0.3 is 0 Å². The van der Waals surface area contributed by atoms with Crippen molar-refractivity contribution in [3.63, 3.8) is 0 Å². The fourth-order valence-electron chi connectivity index (χ4n) is 1.53. The van der Waals surface area contributed by atoms with Gasteiger partial charge < -0.3 is 16.0 Å². The number of hydrogen-bond donors (Lipinski definition) is 3. The first kappa shape index (κ1) is 16.2. The highest BCUT2D eigenvalue weighted by molar-refractivity contribution is 5.97. The van der Waals surface area contributed by atoms with Crippen LogP contribution in [0.4, 0.5) is 11.4 Å². The standard InChI is InChI=1S/C15H18N4O2/c1-10(2)18-15(21)12(8-16)9-17-13-5-4-6-14(7-13)19-11(3)20/h4-7,9-10,17H,1-3H3,(H,18,21)(H,19,20)/b12-9-. The number of carbonyl (C=O) groups excluding carboxylic acids is 2. The normalized spacial score (nSPS) is 10.7. The minimum absolute atomic E-state index is 0.0198. The Morgan fingerprint density at radius 2 is 1.95 bits per heavy atom. The van der Waals surface area contributed by atoms with Crippen molar-refractivity contribution in [1.82, 2.24) is 5.32 Å². The smallest absolute Gasteiger partial charge is 0.263 e. The quantitative estimate of drug-likeness (QED) is 0.570. The monoisotopic (exact) mass is 286 g/mol. The SMILES string of the molecule is CC(=O)Nc1cccc(N/C=C(/C#N)C(=O)NC(C)C)c1. The maximum atomic E-state index is 11.7. The fraction of sp³-hybridized carbons (Fsp3) is 0.267. The van der Waals surface area contributed by atoms with Crippen molar-refractivity contribution < 1.29 is 9.59 Å². The van der Waals surface area contributed by atoms with Crippen molar-refractivity contribution in [3.8, 4) is 6.07 Å². The Balaban J connectivity index is 2.80. The van der Waals surface area contributed by atoms with Crippen LogP contribution in [0.2, 0.25) is 0 Å². The van der Waals surface area contributed by atoms with Crippen LogP contribution in [0.3, 0.4) is 0 Å². The summed E-state index contributed by atoms with van der Waals surface area (Å²) in [6.07, 6.45) is 1.34. The van der Waals surface area contributed by atoms with Crippen LogP contribution < -0.4 is 16.0 Å². The van der Waals surface area contributed by atoms with Crippen molar-refractivity contribution in [2.24, 2.45) is 0 Å². The Kier molecular flexibility index (Phi) is 5.96. The molecule has 3 N–H and O–H groups in total. The van der Waals surface area contributed by atoms with E-state index in [1.54, 1.807) is 24.3 Å². The number of nitriles is 1. The summed E-state index contributed by atoms with van der Waals surface area (Å²) in [6, 6.07) is 8.75. The van der Waals surface area contributed by atoms with Gasteiger partial charge in [-0.05, 0) is 32.0 Å². The van der Waals surface area contributed by atoms with E-state index >= 15 is 0 Å². The summed E-state index contributed by atoms with van der Waals surface area (Å²) in [7, 11) is 0.